The average molecular weight is 629 g/mol. The van der Waals surface area contributed by atoms with Gasteiger partial charge in [-0.3, -0.25) is 4.57 Å². The van der Waals surface area contributed by atoms with Crippen LogP contribution in [0.15, 0.2) is 115 Å². The Morgan fingerprint density at radius 3 is 2.02 bits per heavy atom. The van der Waals surface area contributed by atoms with Crippen molar-refractivity contribution in [1.29, 1.82) is 0 Å². The molecule has 2 heterocycles. The monoisotopic (exact) mass is 628 g/mol. The Kier molecular flexibility index (Phi) is 6.67. The van der Waals surface area contributed by atoms with E-state index < -0.39 is 0 Å². The van der Waals surface area contributed by atoms with Crippen molar-refractivity contribution in [3.8, 4) is 39.3 Å². The van der Waals surface area contributed by atoms with Gasteiger partial charge in [-0.2, -0.15) is 0 Å². The van der Waals surface area contributed by atoms with Crippen LogP contribution >= 0.6 is 0 Å². The van der Waals surface area contributed by atoms with E-state index in [4.69, 9.17) is 14.3 Å². The molecule has 48 heavy (non-hydrogen) atoms. The molecule has 5 aromatic carbocycles. The molecule has 2 fully saturated rings. The van der Waals surface area contributed by atoms with Crippen molar-refractivity contribution in [2.75, 3.05) is 0 Å². The van der Waals surface area contributed by atoms with Gasteiger partial charge in [0, 0.05) is 16.7 Å². The molecule has 1 aliphatic heterocycles. The van der Waals surface area contributed by atoms with Gasteiger partial charge >= 0.3 is 7.12 Å². The maximum absolute atomic E-state index is 6.52. The highest BCUT2D eigenvalue weighted by Gasteiger charge is 2.52. The number of imidazole rings is 1. The predicted molar refractivity (Wildman–Crippen MR) is 197 cm³/mol. The van der Waals surface area contributed by atoms with Crippen LogP contribution in [0.3, 0.4) is 0 Å². The number of fused-ring (bicyclic) bond motifs is 6. The van der Waals surface area contributed by atoms with Gasteiger partial charge in [0.05, 0.1) is 22.2 Å². The van der Waals surface area contributed by atoms with Crippen LogP contribution < -0.4 is 5.46 Å². The summed E-state index contributed by atoms with van der Waals surface area (Å²) in [5, 5.41) is 0. The molecule has 1 spiro atoms. The second-order valence-corrected chi connectivity index (χ2v) is 15.0. The molecule has 1 saturated carbocycles. The van der Waals surface area contributed by atoms with Crippen molar-refractivity contribution in [3.63, 3.8) is 0 Å². The number of para-hydroxylation sites is 2. The zero-order chi connectivity index (χ0) is 32.7. The molecule has 9 rings (SSSR count). The van der Waals surface area contributed by atoms with Crippen LogP contribution in [0.2, 0.25) is 0 Å². The van der Waals surface area contributed by atoms with Gasteiger partial charge in [-0.15, -0.1) is 0 Å². The first kappa shape index (κ1) is 29.7. The van der Waals surface area contributed by atoms with Crippen LogP contribution in [-0.2, 0) is 14.7 Å². The Bertz CT molecular complexity index is 2180. The van der Waals surface area contributed by atoms with E-state index in [2.05, 4.69) is 148 Å². The molecule has 1 saturated heterocycles. The minimum Gasteiger partial charge on any atom is -0.399 e. The Hall–Kier alpha value is -4.45. The van der Waals surface area contributed by atoms with Gasteiger partial charge in [-0.1, -0.05) is 104 Å². The van der Waals surface area contributed by atoms with Crippen molar-refractivity contribution in [2.24, 2.45) is 0 Å². The normalized spacial score (nSPS) is 18.7. The lowest BCUT2D eigenvalue weighted by Gasteiger charge is -2.36. The molecule has 5 heteroatoms. The third kappa shape index (κ3) is 4.48. The minimum atomic E-state index is -0.365. The van der Waals surface area contributed by atoms with E-state index in [1.807, 2.05) is 0 Å². The molecule has 0 N–H and O–H groups in total. The van der Waals surface area contributed by atoms with E-state index in [9.17, 15) is 0 Å². The highest BCUT2D eigenvalue weighted by molar-refractivity contribution is 6.62. The first-order valence-electron chi connectivity index (χ1n) is 17.5. The molecule has 4 nitrogen and oxygen atoms in total. The van der Waals surface area contributed by atoms with Crippen molar-refractivity contribution in [2.45, 2.75) is 76.4 Å². The topological polar surface area (TPSA) is 36.3 Å². The smallest absolute Gasteiger partial charge is 0.399 e. The number of aromatic nitrogens is 2. The molecule has 2 aliphatic carbocycles. The van der Waals surface area contributed by atoms with E-state index in [1.54, 1.807) is 0 Å². The van der Waals surface area contributed by atoms with Crippen LogP contribution in [0.4, 0.5) is 0 Å². The van der Waals surface area contributed by atoms with Crippen LogP contribution in [0.5, 0.6) is 0 Å². The summed E-state index contributed by atoms with van der Waals surface area (Å²) in [5.41, 5.74) is 12.9. The van der Waals surface area contributed by atoms with Crippen molar-refractivity contribution in [3.05, 3.63) is 126 Å². The molecule has 0 radical (unpaired) electrons. The van der Waals surface area contributed by atoms with Gasteiger partial charge < -0.3 is 9.31 Å². The summed E-state index contributed by atoms with van der Waals surface area (Å²) >= 11 is 0. The molecule has 0 amide bonds. The molecule has 238 valence electrons. The molecule has 0 atom stereocenters. The average Bonchev–Trinajstić information content (AvgIpc) is 3.70. The van der Waals surface area contributed by atoms with E-state index in [-0.39, 0.29) is 23.7 Å². The highest BCUT2D eigenvalue weighted by Crippen LogP contribution is 2.56. The SMILES string of the molecule is CC1(C)OB(c2ccc3c(c2)C2(CCCCC2)c2cc(-c4cccc(-n5c(-c6ccccc6)nc6ccccc65)c4)ccc2-3)OC1(C)C. The maximum atomic E-state index is 6.52. The maximum Gasteiger partial charge on any atom is 0.494 e. The lowest BCUT2D eigenvalue weighted by molar-refractivity contribution is 0.00578. The third-order valence-electron chi connectivity index (χ3n) is 11.6. The second-order valence-electron chi connectivity index (χ2n) is 15.0. The fourth-order valence-electron chi connectivity index (χ4n) is 8.40. The zero-order valence-corrected chi connectivity index (χ0v) is 28.3. The summed E-state index contributed by atoms with van der Waals surface area (Å²) < 4.78 is 15.3. The van der Waals surface area contributed by atoms with Crippen LogP contribution in [0.25, 0.3) is 50.4 Å². The number of nitrogens with zero attached hydrogens (tertiary/aromatic N) is 2. The standard InChI is InChI=1S/C43H41BN2O2/c1-41(2)42(3,4)48-44(47-41)32-21-23-35-34-22-20-31(27-36(34)43(37(35)28-32)24-11-6-12-25-43)30-16-13-17-33(26-30)46-39-19-10-9-18-38(39)45-40(46)29-14-7-5-8-15-29/h5,7-10,13-23,26-28H,6,11-12,24-25H2,1-4H3. The quantitative estimate of drug-likeness (QED) is 0.182. The summed E-state index contributed by atoms with van der Waals surface area (Å²) in [6.07, 6.45) is 6.13. The largest absolute Gasteiger partial charge is 0.494 e. The van der Waals surface area contributed by atoms with Gasteiger partial charge in [0.25, 0.3) is 0 Å². The summed E-state index contributed by atoms with van der Waals surface area (Å²) in [6.45, 7) is 8.53. The van der Waals surface area contributed by atoms with Crippen molar-refractivity contribution >= 4 is 23.6 Å². The minimum absolute atomic E-state index is 0.0111. The van der Waals surface area contributed by atoms with Crippen LogP contribution in [-0.4, -0.2) is 27.9 Å². The molecular formula is C43H41BN2O2. The molecule has 0 bridgehead atoms. The summed E-state index contributed by atoms with van der Waals surface area (Å²) in [5.74, 6) is 0.956. The Labute approximate surface area is 283 Å². The van der Waals surface area contributed by atoms with Crippen molar-refractivity contribution < 1.29 is 9.31 Å². The van der Waals surface area contributed by atoms with E-state index in [1.165, 1.54) is 65.5 Å². The van der Waals surface area contributed by atoms with Gasteiger partial charge in [-0.05, 0) is 110 Å². The Balaban J connectivity index is 1.14. The van der Waals surface area contributed by atoms with Gasteiger partial charge in [0.1, 0.15) is 5.82 Å². The van der Waals surface area contributed by atoms with E-state index in [0.29, 0.717) is 0 Å². The fraction of sp³-hybridized carbons (Fsp3) is 0.279. The van der Waals surface area contributed by atoms with Gasteiger partial charge in [0.2, 0.25) is 0 Å². The number of hydrogen-bond donors (Lipinski definition) is 0. The summed E-state index contributed by atoms with van der Waals surface area (Å²) in [6, 6.07) is 42.0. The molecular weight excluding hydrogens is 587 g/mol. The summed E-state index contributed by atoms with van der Waals surface area (Å²) in [4.78, 5) is 5.09. The number of rotatable bonds is 4. The predicted octanol–water partition coefficient (Wildman–Crippen LogP) is 9.89. The zero-order valence-electron chi connectivity index (χ0n) is 28.3. The number of hydrogen-bond acceptors (Lipinski definition) is 3. The first-order chi connectivity index (χ1) is 23.2. The fourth-order valence-corrected chi connectivity index (χ4v) is 8.40. The van der Waals surface area contributed by atoms with Crippen LogP contribution in [0.1, 0.15) is 70.9 Å². The highest BCUT2D eigenvalue weighted by atomic mass is 16.7. The lowest BCUT2D eigenvalue weighted by atomic mass is 9.66. The number of benzene rings is 5. The lowest BCUT2D eigenvalue weighted by Crippen LogP contribution is -2.41. The summed E-state index contributed by atoms with van der Waals surface area (Å²) in [7, 11) is -0.358. The molecule has 3 aliphatic rings. The van der Waals surface area contributed by atoms with E-state index in [0.717, 1.165) is 33.6 Å². The molecule has 0 unspecified atom stereocenters. The van der Waals surface area contributed by atoms with Crippen molar-refractivity contribution in [1.82, 2.24) is 9.55 Å². The van der Waals surface area contributed by atoms with Gasteiger partial charge in [0.15, 0.2) is 0 Å². The van der Waals surface area contributed by atoms with Crippen LogP contribution in [0, 0.1) is 0 Å². The second kappa shape index (κ2) is 10.8. The van der Waals surface area contributed by atoms with Gasteiger partial charge in [-0.25, -0.2) is 4.98 Å². The Morgan fingerprint density at radius 2 is 1.25 bits per heavy atom. The van der Waals surface area contributed by atoms with E-state index >= 15 is 0 Å². The molecule has 1 aromatic heterocycles. The molecule has 6 aromatic rings. The Morgan fingerprint density at radius 1 is 0.604 bits per heavy atom. The third-order valence-corrected chi connectivity index (χ3v) is 11.6. The first-order valence-corrected chi connectivity index (χ1v) is 17.5.